The van der Waals surface area contributed by atoms with Crippen LogP contribution in [0.1, 0.15) is 13.3 Å². The normalized spacial score (nSPS) is 17.9. The predicted molar refractivity (Wildman–Crippen MR) is 80.4 cm³/mol. The first-order chi connectivity index (χ1) is 8.91. The largest absolute Gasteiger partial charge is 0.396 e. The Morgan fingerprint density at radius 1 is 1.35 bits per heavy atom. The molecule has 1 aliphatic heterocycles. The van der Waals surface area contributed by atoms with Crippen LogP contribution in [0.2, 0.25) is 0 Å². The van der Waals surface area contributed by atoms with E-state index in [4.69, 9.17) is 4.74 Å². The molecular formula is C11H21F3IN3O2. The number of hydrogen-bond donors (Lipinski definition) is 3. The summed E-state index contributed by atoms with van der Waals surface area (Å²) in [5.41, 5.74) is -0.383. The van der Waals surface area contributed by atoms with E-state index in [-0.39, 0.29) is 42.5 Å². The summed E-state index contributed by atoms with van der Waals surface area (Å²) in [7, 11) is 0. The number of hydrogen-bond acceptors (Lipinski definition) is 3. The number of nitrogens with zero attached hydrogens (tertiary/aromatic N) is 1. The van der Waals surface area contributed by atoms with E-state index in [0.29, 0.717) is 32.3 Å². The Labute approximate surface area is 133 Å². The summed E-state index contributed by atoms with van der Waals surface area (Å²) in [6.45, 7) is 3.29. The van der Waals surface area contributed by atoms with Crippen molar-refractivity contribution in [3.05, 3.63) is 0 Å². The number of nitrogens with one attached hydrogen (secondary N) is 2. The fraction of sp³-hybridized carbons (Fsp3) is 0.909. The molecule has 1 rings (SSSR count). The highest BCUT2D eigenvalue weighted by Gasteiger charge is 2.38. The zero-order valence-corrected chi connectivity index (χ0v) is 13.6. The van der Waals surface area contributed by atoms with Crippen molar-refractivity contribution in [2.75, 3.05) is 39.5 Å². The van der Waals surface area contributed by atoms with E-state index in [2.05, 4.69) is 15.6 Å². The highest BCUT2D eigenvalue weighted by molar-refractivity contribution is 14.0. The first kappa shape index (κ1) is 19.7. The third kappa shape index (κ3) is 6.93. The molecule has 20 heavy (non-hydrogen) atoms. The quantitative estimate of drug-likeness (QED) is 0.348. The summed E-state index contributed by atoms with van der Waals surface area (Å²) in [5.74, 6) is 0.325. The van der Waals surface area contributed by atoms with E-state index in [1.54, 1.807) is 0 Å². The van der Waals surface area contributed by atoms with Gasteiger partial charge < -0.3 is 20.5 Å². The first-order valence-electron chi connectivity index (χ1n) is 6.18. The predicted octanol–water partition coefficient (Wildman–Crippen LogP) is 1.12. The molecular weight excluding hydrogens is 390 g/mol. The van der Waals surface area contributed by atoms with Crippen LogP contribution >= 0.6 is 24.0 Å². The molecule has 0 unspecified atom stereocenters. The smallest absolute Gasteiger partial charge is 0.390 e. The van der Waals surface area contributed by atoms with E-state index in [1.807, 2.05) is 6.92 Å². The maximum atomic E-state index is 12.0. The zero-order valence-electron chi connectivity index (χ0n) is 11.3. The lowest BCUT2D eigenvalue weighted by Crippen LogP contribution is -2.49. The molecule has 0 saturated carbocycles. The summed E-state index contributed by atoms with van der Waals surface area (Å²) in [6.07, 6.45) is -5.09. The molecule has 0 radical (unpaired) electrons. The van der Waals surface area contributed by atoms with Crippen LogP contribution in [-0.2, 0) is 4.74 Å². The Morgan fingerprint density at radius 2 is 2.00 bits per heavy atom. The number of halogens is 4. The van der Waals surface area contributed by atoms with Crippen LogP contribution in [0.25, 0.3) is 0 Å². The number of aliphatic hydroxyl groups excluding tert-OH is 1. The Morgan fingerprint density at radius 3 is 2.40 bits per heavy atom. The Balaban J connectivity index is 0.00000361. The SMILES string of the molecule is CCNC(=NCC1(CO)COC1)NCCC(F)(F)F.I. The Hall–Kier alpha value is -0.290. The van der Waals surface area contributed by atoms with Crippen molar-refractivity contribution in [2.24, 2.45) is 10.4 Å². The lowest BCUT2D eigenvalue weighted by Gasteiger charge is -2.38. The summed E-state index contributed by atoms with van der Waals surface area (Å²) in [4.78, 5) is 4.19. The highest BCUT2D eigenvalue weighted by atomic mass is 127. The van der Waals surface area contributed by atoms with E-state index in [0.717, 1.165) is 0 Å². The molecule has 0 aromatic carbocycles. The Kier molecular flexibility index (Phi) is 8.75. The van der Waals surface area contributed by atoms with Gasteiger partial charge in [0.05, 0.1) is 38.2 Å². The standard InChI is InChI=1S/C11H20F3N3O2.HI/c1-2-15-9(16-4-3-11(12,13)14)17-5-10(6-18)7-19-8-10;/h18H,2-8H2,1H3,(H2,15,16,17);1H. The molecule has 3 N–H and O–H groups in total. The van der Waals surface area contributed by atoms with Crippen molar-refractivity contribution < 1.29 is 23.0 Å². The van der Waals surface area contributed by atoms with Crippen LogP contribution in [0.5, 0.6) is 0 Å². The maximum absolute atomic E-state index is 12.0. The lowest BCUT2D eigenvalue weighted by atomic mass is 9.87. The minimum Gasteiger partial charge on any atom is -0.396 e. The number of guanidine groups is 1. The van der Waals surface area contributed by atoms with Gasteiger partial charge in [0.25, 0.3) is 0 Å². The van der Waals surface area contributed by atoms with Crippen molar-refractivity contribution in [3.63, 3.8) is 0 Å². The fourth-order valence-electron chi connectivity index (χ4n) is 1.53. The van der Waals surface area contributed by atoms with Crippen molar-refractivity contribution in [1.29, 1.82) is 0 Å². The molecule has 1 fully saturated rings. The number of ether oxygens (including phenoxy) is 1. The third-order valence-electron chi connectivity index (χ3n) is 2.77. The van der Waals surface area contributed by atoms with Crippen LogP contribution in [0, 0.1) is 5.41 Å². The number of rotatable bonds is 6. The molecule has 0 amide bonds. The van der Waals surface area contributed by atoms with Gasteiger partial charge in [-0.05, 0) is 6.92 Å². The molecule has 0 aromatic heterocycles. The average molecular weight is 411 g/mol. The van der Waals surface area contributed by atoms with Crippen LogP contribution in [-0.4, -0.2) is 56.7 Å². The summed E-state index contributed by atoms with van der Waals surface area (Å²) >= 11 is 0. The van der Waals surface area contributed by atoms with Crippen LogP contribution in [0.15, 0.2) is 4.99 Å². The monoisotopic (exact) mass is 411 g/mol. The van der Waals surface area contributed by atoms with Gasteiger partial charge in [0.1, 0.15) is 0 Å². The molecule has 1 saturated heterocycles. The fourth-order valence-corrected chi connectivity index (χ4v) is 1.53. The van der Waals surface area contributed by atoms with Crippen LogP contribution < -0.4 is 10.6 Å². The number of aliphatic hydroxyl groups is 1. The van der Waals surface area contributed by atoms with Gasteiger partial charge in [0, 0.05) is 13.1 Å². The second-order valence-electron chi connectivity index (χ2n) is 4.64. The van der Waals surface area contributed by atoms with Crippen molar-refractivity contribution in [3.8, 4) is 0 Å². The maximum Gasteiger partial charge on any atom is 0.390 e. The molecule has 0 bridgehead atoms. The van der Waals surface area contributed by atoms with Gasteiger partial charge in [-0.1, -0.05) is 0 Å². The van der Waals surface area contributed by atoms with Gasteiger partial charge in [-0.25, -0.2) is 0 Å². The van der Waals surface area contributed by atoms with Gasteiger partial charge in [0.15, 0.2) is 5.96 Å². The molecule has 120 valence electrons. The van der Waals surface area contributed by atoms with Gasteiger partial charge in [0.2, 0.25) is 0 Å². The van der Waals surface area contributed by atoms with E-state index >= 15 is 0 Å². The summed E-state index contributed by atoms with van der Waals surface area (Å²) in [5, 5.41) is 14.7. The van der Waals surface area contributed by atoms with Crippen LogP contribution in [0.3, 0.4) is 0 Å². The first-order valence-corrected chi connectivity index (χ1v) is 6.18. The van der Waals surface area contributed by atoms with Gasteiger partial charge >= 0.3 is 6.18 Å². The van der Waals surface area contributed by atoms with E-state index < -0.39 is 12.6 Å². The van der Waals surface area contributed by atoms with Gasteiger partial charge in [-0.3, -0.25) is 4.99 Å². The molecule has 1 heterocycles. The summed E-state index contributed by atoms with van der Waals surface area (Å²) < 4.78 is 41.1. The Bertz CT molecular complexity index is 304. The second-order valence-corrected chi connectivity index (χ2v) is 4.64. The average Bonchev–Trinajstić information content (AvgIpc) is 2.26. The number of aliphatic imine (C=N–C) groups is 1. The molecule has 5 nitrogen and oxygen atoms in total. The van der Waals surface area contributed by atoms with Gasteiger partial charge in [-0.2, -0.15) is 13.2 Å². The van der Waals surface area contributed by atoms with Crippen LogP contribution in [0.4, 0.5) is 13.2 Å². The molecule has 0 atom stereocenters. The van der Waals surface area contributed by atoms with Crippen molar-refractivity contribution in [1.82, 2.24) is 10.6 Å². The molecule has 0 spiro atoms. The van der Waals surface area contributed by atoms with Crippen molar-refractivity contribution >= 4 is 29.9 Å². The molecule has 0 aliphatic carbocycles. The topological polar surface area (TPSA) is 65.9 Å². The van der Waals surface area contributed by atoms with Gasteiger partial charge in [-0.15, -0.1) is 24.0 Å². The lowest BCUT2D eigenvalue weighted by molar-refractivity contribution is -0.132. The van der Waals surface area contributed by atoms with E-state index in [1.165, 1.54) is 0 Å². The minimum atomic E-state index is -4.18. The minimum absolute atomic E-state index is 0. The number of alkyl halides is 3. The zero-order chi connectivity index (χ0) is 14.4. The molecule has 9 heteroatoms. The molecule has 1 aliphatic rings. The van der Waals surface area contributed by atoms with E-state index in [9.17, 15) is 18.3 Å². The second kappa shape index (κ2) is 8.88. The highest BCUT2D eigenvalue weighted by Crippen LogP contribution is 2.26. The third-order valence-corrected chi connectivity index (χ3v) is 2.77. The van der Waals surface area contributed by atoms with Crippen molar-refractivity contribution in [2.45, 2.75) is 19.5 Å². The molecule has 0 aromatic rings. The summed E-state index contributed by atoms with van der Waals surface area (Å²) in [6, 6.07) is 0.